The zero-order valence-corrected chi connectivity index (χ0v) is 62.7. The molecule has 25 heteroatoms. The van der Waals surface area contributed by atoms with Gasteiger partial charge < -0.3 is 89.1 Å². The fourth-order valence-electron chi connectivity index (χ4n) is 13.4. The number of aliphatic hydroxyl groups excluding tert-OH is 10. The number of carbonyl (C=O) groups is 3. The Kier molecular flexibility index (Phi) is 52.7. The molecule has 3 rings (SSSR count). The van der Waals surface area contributed by atoms with E-state index < -0.39 is 156 Å². The zero-order chi connectivity index (χ0) is 73.2. The third-order valence-electron chi connectivity index (χ3n) is 19.9. The van der Waals surface area contributed by atoms with Crippen LogP contribution in [0.15, 0.2) is 0 Å². The maximum Gasteiger partial charge on any atom is 0.472 e. The maximum atomic E-state index is 14.3. The fraction of sp³-hybridized carbons (Fsp3) is 0.960. The van der Waals surface area contributed by atoms with Crippen molar-refractivity contribution in [3.8, 4) is 0 Å². The van der Waals surface area contributed by atoms with Crippen molar-refractivity contribution in [3.63, 3.8) is 0 Å². The van der Waals surface area contributed by atoms with Gasteiger partial charge in [-0.15, -0.1) is 0 Å². The molecule has 11 N–H and O–H groups in total. The summed E-state index contributed by atoms with van der Waals surface area (Å²) in [5, 5.41) is 110. The van der Waals surface area contributed by atoms with Crippen LogP contribution >= 0.6 is 7.82 Å². The predicted octanol–water partition coefficient (Wildman–Crippen LogP) is 11.7. The first-order valence-electron chi connectivity index (χ1n) is 39.8. The Morgan fingerprint density at radius 2 is 0.640 bits per heavy atom. The highest BCUT2D eigenvalue weighted by atomic mass is 31.2. The summed E-state index contributed by atoms with van der Waals surface area (Å²) >= 11 is 0. The average molecular weight is 1460 g/mol. The second-order valence-corrected chi connectivity index (χ2v) is 30.2. The van der Waals surface area contributed by atoms with Crippen molar-refractivity contribution in [1.82, 2.24) is 0 Å². The van der Waals surface area contributed by atoms with Crippen molar-refractivity contribution in [2.24, 2.45) is 0 Å². The molecule has 3 aliphatic rings. The monoisotopic (exact) mass is 1460 g/mol. The number of hydrogen-bond donors (Lipinski definition) is 11. The van der Waals surface area contributed by atoms with Gasteiger partial charge in [0.05, 0.1) is 13.2 Å². The van der Waals surface area contributed by atoms with Crippen molar-refractivity contribution in [1.29, 1.82) is 0 Å². The summed E-state index contributed by atoms with van der Waals surface area (Å²) in [7, 11) is -5.69. The van der Waals surface area contributed by atoms with Gasteiger partial charge in [0, 0.05) is 19.3 Å². The topological polar surface area (TPSA) is 374 Å². The maximum absolute atomic E-state index is 14.3. The lowest BCUT2D eigenvalue weighted by molar-refractivity contribution is -0.360. The predicted molar refractivity (Wildman–Crippen MR) is 379 cm³/mol. The van der Waals surface area contributed by atoms with E-state index in [4.69, 9.17) is 42.2 Å². The number of rotatable bonds is 63. The van der Waals surface area contributed by atoms with E-state index in [2.05, 4.69) is 20.8 Å². The molecule has 2 aliphatic heterocycles. The molecule has 18 unspecified atom stereocenters. The van der Waals surface area contributed by atoms with Crippen molar-refractivity contribution in [2.45, 2.75) is 433 Å². The number of carbonyl (C=O) groups excluding carboxylic acids is 3. The number of hydrogen-bond acceptors (Lipinski definition) is 23. The minimum atomic E-state index is -5.69. The van der Waals surface area contributed by atoms with E-state index in [0.717, 1.165) is 89.9 Å². The van der Waals surface area contributed by atoms with Gasteiger partial charge in [-0.1, -0.05) is 290 Å². The largest absolute Gasteiger partial charge is 0.472 e. The lowest BCUT2D eigenvalue weighted by Gasteiger charge is -2.49. The van der Waals surface area contributed by atoms with Crippen LogP contribution < -0.4 is 0 Å². The summed E-state index contributed by atoms with van der Waals surface area (Å²) in [6, 6.07) is 0. The molecule has 0 aromatic carbocycles. The minimum absolute atomic E-state index is 0.0329. The molecule has 1 aliphatic carbocycles. The van der Waals surface area contributed by atoms with Crippen LogP contribution in [0.4, 0.5) is 0 Å². The summed E-state index contributed by atoms with van der Waals surface area (Å²) in [5.74, 6) is -1.97. The quantitative estimate of drug-likeness (QED) is 0.0117. The highest BCUT2D eigenvalue weighted by Gasteiger charge is 2.58. The van der Waals surface area contributed by atoms with Crippen LogP contribution in [0, 0.1) is 0 Å². The SMILES string of the molecule is CCCCCCCCCCCCCCCCCCCC(=O)OCC1OC(OC2C(O)C(O)C(O)C(OC3OC(CO)C(O)C(O)C3O)C2OP(=O)(O)OCC(COC(=O)CCCCCCCCCCCCCCC)OC(=O)CCCCCCCCCCCCCCCCC)C(O)C(O)C1O. The molecule has 0 amide bonds. The molecule has 0 radical (unpaired) electrons. The Labute approximate surface area is 600 Å². The number of unbranched alkanes of at least 4 members (excludes halogenated alkanes) is 42. The lowest BCUT2D eigenvalue weighted by atomic mass is 9.84. The summed E-state index contributed by atoms with van der Waals surface area (Å²) in [6.45, 7) is 3.50. The Bertz CT molecular complexity index is 2060. The highest BCUT2D eigenvalue weighted by molar-refractivity contribution is 7.47. The molecule has 1 saturated carbocycles. The van der Waals surface area contributed by atoms with Crippen molar-refractivity contribution in [2.75, 3.05) is 26.4 Å². The molecule has 100 heavy (non-hydrogen) atoms. The van der Waals surface area contributed by atoms with Crippen LogP contribution in [0.3, 0.4) is 0 Å². The third kappa shape index (κ3) is 39.5. The fourth-order valence-corrected chi connectivity index (χ4v) is 14.4. The second kappa shape index (κ2) is 57.2. The normalized spacial score (nSPS) is 27.3. The minimum Gasteiger partial charge on any atom is -0.463 e. The first-order chi connectivity index (χ1) is 48.3. The highest BCUT2D eigenvalue weighted by Crippen LogP contribution is 2.49. The Hall–Kier alpha value is -2.04. The molecule has 0 aromatic heterocycles. The average Bonchev–Trinajstić information content (AvgIpc) is 0.762. The Morgan fingerprint density at radius 3 is 0.980 bits per heavy atom. The number of aliphatic hydroxyl groups is 10. The Balaban J connectivity index is 1.70. The molecular weight excluding hydrogens is 1320 g/mol. The van der Waals surface area contributed by atoms with E-state index in [1.54, 1.807) is 0 Å². The number of esters is 3. The van der Waals surface area contributed by atoms with Gasteiger partial charge in [0.25, 0.3) is 0 Å². The molecule has 590 valence electrons. The van der Waals surface area contributed by atoms with E-state index >= 15 is 0 Å². The van der Waals surface area contributed by atoms with Gasteiger partial charge in [-0.25, -0.2) is 4.57 Å². The first kappa shape index (κ1) is 92.2. The van der Waals surface area contributed by atoms with E-state index in [0.29, 0.717) is 19.3 Å². The van der Waals surface area contributed by atoms with Crippen LogP contribution in [-0.4, -0.2) is 204 Å². The van der Waals surface area contributed by atoms with Crippen molar-refractivity contribution in [3.05, 3.63) is 0 Å². The number of ether oxygens (including phenoxy) is 7. The van der Waals surface area contributed by atoms with Gasteiger partial charge in [0.1, 0.15) is 98.7 Å². The molecule has 24 nitrogen and oxygen atoms in total. The summed E-state index contributed by atoms with van der Waals surface area (Å²) in [4.78, 5) is 51.1. The van der Waals surface area contributed by atoms with Crippen molar-refractivity contribution >= 4 is 25.7 Å². The third-order valence-corrected chi connectivity index (χ3v) is 20.9. The molecule has 18 atom stereocenters. The van der Waals surface area contributed by atoms with Crippen LogP contribution in [0.1, 0.15) is 329 Å². The van der Waals surface area contributed by atoms with E-state index in [1.807, 2.05) is 0 Å². The molecule has 0 aromatic rings. The second-order valence-electron chi connectivity index (χ2n) is 28.8. The molecule has 2 heterocycles. The van der Waals surface area contributed by atoms with Crippen LogP contribution in [0.25, 0.3) is 0 Å². The van der Waals surface area contributed by atoms with Crippen LogP contribution in [0.2, 0.25) is 0 Å². The molecular formula is C75H141O24P. The van der Waals surface area contributed by atoms with Gasteiger partial charge in [-0.2, -0.15) is 0 Å². The van der Waals surface area contributed by atoms with E-state index in [9.17, 15) is 74.9 Å². The molecule has 0 bridgehead atoms. The van der Waals surface area contributed by atoms with Crippen molar-refractivity contribution < 1.29 is 117 Å². The summed E-state index contributed by atoms with van der Waals surface area (Å²) in [5.41, 5.74) is 0. The van der Waals surface area contributed by atoms with Crippen LogP contribution in [-0.2, 0) is 61.2 Å². The van der Waals surface area contributed by atoms with Gasteiger partial charge in [0.15, 0.2) is 18.7 Å². The van der Waals surface area contributed by atoms with Gasteiger partial charge in [-0.3, -0.25) is 23.4 Å². The summed E-state index contributed by atoms with van der Waals surface area (Å²) < 4.78 is 65.1. The molecule has 2 saturated heterocycles. The van der Waals surface area contributed by atoms with Gasteiger partial charge in [0.2, 0.25) is 0 Å². The standard InChI is InChI=1S/C75H141O24P/c1-4-7-10-13-16-19-22-25-27-28-30-32-35-38-41-44-47-50-60(78)92-55-58-63(81)65(83)70(88)75(96-58)98-72-68(86)66(84)67(85)71(97-74-69(87)64(82)62(80)57(52-76)95-74)73(72)99-100(89,90)93-54-56(53-91-59(77)49-46-43-40-37-34-31-24-21-18-15-12-9-6-3)94-61(79)51-48-45-42-39-36-33-29-26-23-20-17-14-11-8-5-2/h56-58,62-76,80-88H,4-55H2,1-3H3,(H,89,90). The lowest BCUT2D eigenvalue weighted by Crippen LogP contribution is -2.69. The van der Waals surface area contributed by atoms with Crippen LogP contribution in [0.5, 0.6) is 0 Å². The zero-order valence-electron chi connectivity index (χ0n) is 61.8. The molecule has 0 spiro atoms. The van der Waals surface area contributed by atoms with Gasteiger partial charge in [-0.05, 0) is 19.3 Å². The van der Waals surface area contributed by atoms with E-state index in [-0.39, 0.29) is 19.3 Å². The first-order valence-corrected chi connectivity index (χ1v) is 41.3. The summed E-state index contributed by atoms with van der Waals surface area (Å²) in [6.07, 6.45) is 15.7. The number of phosphoric ester groups is 1. The number of phosphoric acid groups is 1. The van der Waals surface area contributed by atoms with Gasteiger partial charge >= 0.3 is 25.7 Å². The Morgan fingerprint density at radius 1 is 0.350 bits per heavy atom. The molecule has 3 fully saturated rings. The smallest absolute Gasteiger partial charge is 0.463 e. The van der Waals surface area contributed by atoms with E-state index in [1.165, 1.54) is 180 Å².